The molecule has 0 N–H and O–H groups in total. The Hall–Kier alpha value is -5.91. The first-order valence-electron chi connectivity index (χ1n) is 15.0. The van der Waals surface area contributed by atoms with Crippen LogP contribution in [0.25, 0.3) is 67.9 Å². The van der Waals surface area contributed by atoms with Crippen LogP contribution in [0.15, 0.2) is 150 Å². The number of nitrogens with zero attached hydrogens (tertiary/aromatic N) is 9. The maximum absolute atomic E-state index is 4.78. The van der Waals surface area contributed by atoms with Crippen molar-refractivity contribution in [3.8, 4) is 67.9 Å². The summed E-state index contributed by atoms with van der Waals surface area (Å²) in [6.07, 6.45) is 5.30. The van der Waals surface area contributed by atoms with E-state index in [1.54, 1.807) is 12.4 Å². The van der Waals surface area contributed by atoms with Crippen LogP contribution in [-0.4, -0.2) is 44.5 Å². The lowest BCUT2D eigenvalue weighted by Gasteiger charge is -2.17. The molecule has 0 saturated heterocycles. The van der Waals surface area contributed by atoms with Crippen LogP contribution in [0.5, 0.6) is 0 Å². The summed E-state index contributed by atoms with van der Waals surface area (Å²) in [7, 11) is 0. The van der Waals surface area contributed by atoms with E-state index in [9.17, 15) is 0 Å². The third kappa shape index (κ3) is 5.44. The quantitative estimate of drug-likeness (QED) is 0.168. The molecule has 0 radical (unpaired) electrons. The van der Waals surface area contributed by atoms with Crippen LogP contribution in [0, 0.1) is 0 Å². The summed E-state index contributed by atoms with van der Waals surface area (Å²) in [4.78, 5) is 13.7. The van der Waals surface area contributed by atoms with Gasteiger partial charge in [-0.3, -0.25) is 24.1 Å². The monoisotopic (exact) mass is 659 g/mol. The molecule has 48 heavy (non-hydrogen) atoms. The lowest BCUT2D eigenvalue weighted by molar-refractivity contribution is 0.891. The average molecular weight is 660 g/mol. The fourth-order valence-electron chi connectivity index (χ4n) is 5.75. The van der Waals surface area contributed by atoms with Crippen LogP contribution < -0.4 is 0 Å². The number of thiol groups is 2. The number of hydrogen-bond acceptors (Lipinski definition) is 9. The topological polar surface area (TPSA) is 100 Å². The third-order valence-electron chi connectivity index (χ3n) is 7.94. The molecule has 0 amide bonds. The Morgan fingerprint density at radius 1 is 0.396 bits per heavy atom. The van der Waals surface area contributed by atoms with Crippen LogP contribution in [0.1, 0.15) is 0 Å². The van der Waals surface area contributed by atoms with Gasteiger partial charge < -0.3 is 0 Å². The molecule has 0 bridgehead atoms. The molecule has 0 aliphatic heterocycles. The maximum Gasteiger partial charge on any atom is 0.193 e. The van der Waals surface area contributed by atoms with E-state index in [0.29, 0.717) is 33.3 Å². The zero-order valence-corrected chi connectivity index (χ0v) is 27.0. The van der Waals surface area contributed by atoms with Gasteiger partial charge in [0.05, 0.1) is 5.69 Å². The Labute approximate surface area is 286 Å². The largest absolute Gasteiger partial charge is 0.269 e. The Balaban J connectivity index is 1.20. The Bertz CT molecular complexity index is 2190. The molecule has 0 unspecified atom stereocenters. The standard InChI is InChI=1S/C37H25N9S2/c47-36-43-41-34(31-11-2-5-22-39-31)45(36)26-17-13-24(14-18-26)28-8-7-9-29(33(28)30-10-1-4-21-38-30)25-15-19-27(20-16-25)46-35(42-44-37(46)48)32-12-3-6-23-40-32/h1-23H,(H,43,47)(H,44,48). The molecular weight excluding hydrogens is 635 g/mol. The summed E-state index contributed by atoms with van der Waals surface area (Å²) in [6, 6.07) is 40.3. The number of hydrogen-bond donors (Lipinski definition) is 2. The SMILES string of the molecule is Sc1nnc(-c2ccccn2)n1-c1ccc(-c2cccc(-c3ccc(-n4c(S)nnc4-c4ccccn4)cc3)c2-c2ccccn2)cc1. The molecule has 5 heterocycles. The third-order valence-corrected chi connectivity index (χ3v) is 8.52. The first-order chi connectivity index (χ1) is 23.7. The summed E-state index contributed by atoms with van der Waals surface area (Å²) in [5.41, 5.74) is 9.27. The van der Waals surface area contributed by atoms with E-state index in [0.717, 1.165) is 44.9 Å². The highest BCUT2D eigenvalue weighted by Crippen LogP contribution is 2.40. The summed E-state index contributed by atoms with van der Waals surface area (Å²) >= 11 is 9.18. The van der Waals surface area contributed by atoms with Crippen molar-refractivity contribution in [2.45, 2.75) is 10.3 Å². The van der Waals surface area contributed by atoms with Crippen molar-refractivity contribution in [1.29, 1.82) is 0 Å². The van der Waals surface area contributed by atoms with Gasteiger partial charge in [0.1, 0.15) is 11.4 Å². The van der Waals surface area contributed by atoms with E-state index >= 15 is 0 Å². The normalized spacial score (nSPS) is 11.1. The molecule has 11 heteroatoms. The minimum Gasteiger partial charge on any atom is -0.269 e. The molecular formula is C37H25N9S2. The van der Waals surface area contributed by atoms with Gasteiger partial charge in [-0.2, -0.15) is 0 Å². The van der Waals surface area contributed by atoms with Crippen molar-refractivity contribution in [2.75, 3.05) is 0 Å². The molecule has 0 aliphatic carbocycles. The fraction of sp³-hybridized carbons (Fsp3) is 0. The van der Waals surface area contributed by atoms with E-state index in [-0.39, 0.29) is 0 Å². The van der Waals surface area contributed by atoms with E-state index in [2.05, 4.69) is 98.1 Å². The maximum atomic E-state index is 4.78. The number of rotatable bonds is 7. The second-order valence-corrected chi connectivity index (χ2v) is 11.6. The average Bonchev–Trinajstić information content (AvgIpc) is 3.74. The molecule has 5 aromatic heterocycles. The zero-order valence-electron chi connectivity index (χ0n) is 25.2. The molecule has 0 fully saturated rings. The molecule has 0 saturated carbocycles. The highest BCUT2D eigenvalue weighted by Gasteiger charge is 2.19. The molecule has 3 aromatic carbocycles. The Morgan fingerprint density at radius 3 is 1.21 bits per heavy atom. The van der Waals surface area contributed by atoms with Crippen molar-refractivity contribution < 1.29 is 0 Å². The highest BCUT2D eigenvalue weighted by atomic mass is 32.1. The van der Waals surface area contributed by atoms with Crippen molar-refractivity contribution in [1.82, 2.24) is 44.5 Å². The first kappa shape index (κ1) is 29.5. The van der Waals surface area contributed by atoms with Crippen LogP contribution in [0.4, 0.5) is 0 Å². The predicted molar refractivity (Wildman–Crippen MR) is 191 cm³/mol. The lowest BCUT2D eigenvalue weighted by atomic mass is 9.89. The van der Waals surface area contributed by atoms with Gasteiger partial charge in [-0.05, 0) is 82.9 Å². The van der Waals surface area contributed by atoms with E-state index in [1.807, 2.05) is 94.2 Å². The number of benzene rings is 3. The van der Waals surface area contributed by atoms with Crippen molar-refractivity contribution in [3.05, 3.63) is 140 Å². The van der Waals surface area contributed by atoms with Crippen molar-refractivity contribution in [2.24, 2.45) is 0 Å². The van der Waals surface area contributed by atoms with E-state index < -0.39 is 0 Å². The summed E-state index contributed by atoms with van der Waals surface area (Å²) in [5.74, 6) is 1.24. The molecule has 0 atom stereocenters. The molecule has 230 valence electrons. The van der Waals surface area contributed by atoms with Crippen molar-refractivity contribution >= 4 is 25.3 Å². The summed E-state index contributed by atoms with van der Waals surface area (Å²) in [5, 5.41) is 18.1. The second kappa shape index (κ2) is 12.7. The molecule has 8 rings (SSSR count). The van der Waals surface area contributed by atoms with Gasteiger partial charge in [-0.25, -0.2) is 0 Å². The summed E-state index contributed by atoms with van der Waals surface area (Å²) < 4.78 is 3.77. The molecule has 0 spiro atoms. The van der Waals surface area contributed by atoms with E-state index in [1.165, 1.54) is 0 Å². The van der Waals surface area contributed by atoms with Crippen LogP contribution in [0.2, 0.25) is 0 Å². The van der Waals surface area contributed by atoms with Gasteiger partial charge >= 0.3 is 0 Å². The van der Waals surface area contributed by atoms with Crippen LogP contribution in [0.3, 0.4) is 0 Å². The van der Waals surface area contributed by atoms with Gasteiger partial charge in [-0.1, -0.05) is 60.7 Å². The Morgan fingerprint density at radius 2 is 0.812 bits per heavy atom. The highest BCUT2D eigenvalue weighted by molar-refractivity contribution is 7.80. The summed E-state index contributed by atoms with van der Waals surface area (Å²) in [6.45, 7) is 0. The zero-order chi connectivity index (χ0) is 32.5. The van der Waals surface area contributed by atoms with Crippen molar-refractivity contribution in [3.63, 3.8) is 0 Å². The lowest BCUT2D eigenvalue weighted by Crippen LogP contribution is -2.00. The first-order valence-corrected chi connectivity index (χ1v) is 15.9. The molecule has 9 nitrogen and oxygen atoms in total. The smallest absolute Gasteiger partial charge is 0.193 e. The minimum absolute atomic E-state index is 0.478. The van der Waals surface area contributed by atoms with Gasteiger partial charge in [-0.15, -0.1) is 45.7 Å². The van der Waals surface area contributed by atoms with Crippen LogP contribution in [-0.2, 0) is 0 Å². The van der Waals surface area contributed by atoms with Gasteiger partial charge in [0, 0.05) is 35.5 Å². The van der Waals surface area contributed by atoms with Gasteiger partial charge in [0.2, 0.25) is 0 Å². The molecule has 8 aromatic rings. The number of aromatic nitrogens is 9. The minimum atomic E-state index is 0.478. The fourth-order valence-corrected chi connectivity index (χ4v) is 6.26. The molecule has 0 aliphatic rings. The predicted octanol–water partition coefficient (Wildman–Crippen LogP) is 7.95. The number of pyridine rings is 3. The van der Waals surface area contributed by atoms with Gasteiger partial charge in [0.15, 0.2) is 22.0 Å². The van der Waals surface area contributed by atoms with Gasteiger partial charge in [0.25, 0.3) is 0 Å². The van der Waals surface area contributed by atoms with Crippen LogP contribution >= 0.6 is 25.3 Å². The second-order valence-electron chi connectivity index (χ2n) is 10.8. The van der Waals surface area contributed by atoms with E-state index in [4.69, 9.17) is 4.98 Å². The Kier molecular flexibility index (Phi) is 7.81.